The van der Waals surface area contributed by atoms with E-state index in [4.69, 9.17) is 14.6 Å². The van der Waals surface area contributed by atoms with Gasteiger partial charge in [-0.1, -0.05) is 19.1 Å². The Bertz CT molecular complexity index is 1430. The number of anilines is 1. The third kappa shape index (κ3) is 5.10. The number of hydrogen-bond donors (Lipinski definition) is 0. The molecule has 2 aliphatic rings. The monoisotopic (exact) mass is 547 g/mol. The van der Waals surface area contributed by atoms with Crippen LogP contribution in [0, 0.1) is 11.8 Å². The standard InChI is InChI=1S/C29H33N5O4S/c1-3-38-28(36)24-16-33(22-10-8-20(9-11-22)25-17-32-13-15-39-29(32)30-25)31-26(24)34(23-12-14-37-18-23)27(35)21-6-4-19(2)5-7-21/h8-11,13,15-17,19,21,23H,3-7,12,14,18H2,1-2H3. The number of imidazole rings is 1. The Labute approximate surface area is 231 Å². The van der Waals surface area contributed by atoms with Gasteiger partial charge in [-0.2, -0.15) is 0 Å². The quantitative estimate of drug-likeness (QED) is 0.289. The minimum atomic E-state index is -0.484. The highest BCUT2D eigenvalue weighted by atomic mass is 32.1. The van der Waals surface area contributed by atoms with Crippen molar-refractivity contribution in [3.63, 3.8) is 0 Å². The summed E-state index contributed by atoms with van der Waals surface area (Å²) in [6.07, 6.45) is 10.2. The van der Waals surface area contributed by atoms with Gasteiger partial charge >= 0.3 is 5.97 Å². The summed E-state index contributed by atoms with van der Waals surface area (Å²) in [6, 6.07) is 7.71. The summed E-state index contributed by atoms with van der Waals surface area (Å²) in [5.41, 5.74) is 2.94. The molecule has 1 amide bonds. The number of benzene rings is 1. The Hall–Kier alpha value is -3.50. The van der Waals surface area contributed by atoms with Gasteiger partial charge in [0.05, 0.1) is 30.6 Å². The number of ether oxygens (including phenoxy) is 2. The first-order valence-electron chi connectivity index (χ1n) is 13.7. The van der Waals surface area contributed by atoms with Gasteiger partial charge in [-0.15, -0.1) is 16.4 Å². The summed E-state index contributed by atoms with van der Waals surface area (Å²) in [4.78, 5) is 34.5. The number of aromatic nitrogens is 4. The molecule has 1 saturated carbocycles. The second-order valence-corrected chi connectivity index (χ2v) is 11.4. The van der Waals surface area contributed by atoms with Crippen LogP contribution >= 0.6 is 11.3 Å². The summed E-state index contributed by atoms with van der Waals surface area (Å²) in [6.45, 7) is 5.27. The highest BCUT2D eigenvalue weighted by Crippen LogP contribution is 2.34. The molecule has 204 valence electrons. The molecule has 39 heavy (non-hydrogen) atoms. The van der Waals surface area contributed by atoms with E-state index in [0.717, 1.165) is 47.6 Å². The van der Waals surface area contributed by atoms with E-state index in [1.54, 1.807) is 34.0 Å². The molecule has 4 heterocycles. The van der Waals surface area contributed by atoms with Gasteiger partial charge in [-0.3, -0.25) is 14.1 Å². The summed E-state index contributed by atoms with van der Waals surface area (Å²) in [5.74, 6) is 0.454. The molecule has 1 unspecified atom stereocenters. The normalized spacial score (nSPS) is 21.3. The van der Waals surface area contributed by atoms with Crippen LogP contribution in [0.15, 0.2) is 48.2 Å². The van der Waals surface area contributed by atoms with Crippen LogP contribution in [0.25, 0.3) is 21.9 Å². The van der Waals surface area contributed by atoms with Gasteiger partial charge < -0.3 is 9.47 Å². The fourth-order valence-electron chi connectivity index (χ4n) is 5.57. The second kappa shape index (κ2) is 10.9. The van der Waals surface area contributed by atoms with Crippen LogP contribution in [0.1, 0.15) is 56.3 Å². The molecule has 2 fully saturated rings. The average Bonchev–Trinajstić information content (AvgIpc) is 3.74. The maximum absolute atomic E-state index is 14.0. The number of carbonyl (C=O) groups is 2. The molecule has 9 nitrogen and oxygen atoms in total. The molecule has 1 aliphatic heterocycles. The third-order valence-corrected chi connectivity index (χ3v) is 8.58. The number of nitrogens with zero attached hydrogens (tertiary/aromatic N) is 5. The van der Waals surface area contributed by atoms with E-state index < -0.39 is 5.97 Å². The first kappa shape index (κ1) is 25.8. The first-order valence-corrected chi connectivity index (χ1v) is 14.6. The zero-order valence-electron chi connectivity index (χ0n) is 22.3. The lowest BCUT2D eigenvalue weighted by Crippen LogP contribution is -2.46. The maximum atomic E-state index is 14.0. The van der Waals surface area contributed by atoms with E-state index in [2.05, 4.69) is 11.9 Å². The maximum Gasteiger partial charge on any atom is 0.343 e. The fourth-order valence-corrected chi connectivity index (χ4v) is 6.27. The summed E-state index contributed by atoms with van der Waals surface area (Å²) in [5, 5.41) is 6.84. The van der Waals surface area contributed by atoms with Crippen LogP contribution in [-0.2, 0) is 14.3 Å². The van der Waals surface area contributed by atoms with Crippen molar-refractivity contribution in [1.29, 1.82) is 0 Å². The predicted molar refractivity (Wildman–Crippen MR) is 149 cm³/mol. The molecule has 1 aromatic carbocycles. The lowest BCUT2D eigenvalue weighted by Gasteiger charge is -2.33. The summed E-state index contributed by atoms with van der Waals surface area (Å²) in [7, 11) is 0. The Morgan fingerprint density at radius 1 is 1.13 bits per heavy atom. The molecule has 0 spiro atoms. The number of amides is 1. The molecule has 0 bridgehead atoms. The number of esters is 1. The van der Waals surface area contributed by atoms with E-state index in [1.807, 2.05) is 46.4 Å². The van der Waals surface area contributed by atoms with Crippen molar-refractivity contribution in [3.8, 4) is 16.9 Å². The van der Waals surface area contributed by atoms with E-state index in [-0.39, 0.29) is 24.5 Å². The zero-order valence-corrected chi connectivity index (χ0v) is 23.1. The number of carbonyl (C=O) groups excluding carboxylic acids is 2. The molecule has 1 atom stereocenters. The van der Waals surface area contributed by atoms with Gasteiger partial charge in [0, 0.05) is 42.1 Å². The van der Waals surface area contributed by atoms with Crippen molar-refractivity contribution in [3.05, 3.63) is 53.8 Å². The van der Waals surface area contributed by atoms with Crippen molar-refractivity contribution in [2.45, 2.75) is 52.0 Å². The fraction of sp³-hybridized carbons (Fsp3) is 0.448. The van der Waals surface area contributed by atoms with Gasteiger partial charge in [0.1, 0.15) is 5.56 Å². The van der Waals surface area contributed by atoms with Crippen molar-refractivity contribution in [2.75, 3.05) is 24.7 Å². The Morgan fingerprint density at radius 2 is 1.92 bits per heavy atom. The van der Waals surface area contributed by atoms with E-state index in [0.29, 0.717) is 36.9 Å². The van der Waals surface area contributed by atoms with Crippen molar-refractivity contribution >= 4 is 34.0 Å². The van der Waals surface area contributed by atoms with Crippen LogP contribution in [0.3, 0.4) is 0 Å². The van der Waals surface area contributed by atoms with E-state index >= 15 is 0 Å². The number of thiazole rings is 1. The van der Waals surface area contributed by atoms with Gasteiger partial charge in [0.2, 0.25) is 5.91 Å². The minimum absolute atomic E-state index is 0.0308. The largest absolute Gasteiger partial charge is 0.462 e. The molecule has 6 rings (SSSR count). The molecule has 10 heteroatoms. The molecular weight excluding hydrogens is 514 g/mol. The highest BCUT2D eigenvalue weighted by molar-refractivity contribution is 7.15. The lowest BCUT2D eigenvalue weighted by atomic mass is 9.82. The molecule has 3 aromatic heterocycles. The topological polar surface area (TPSA) is 91.0 Å². The molecule has 4 aromatic rings. The first-order chi connectivity index (χ1) is 19.0. The van der Waals surface area contributed by atoms with Crippen LogP contribution < -0.4 is 4.90 Å². The van der Waals surface area contributed by atoms with Crippen LogP contribution in [0.5, 0.6) is 0 Å². The Balaban J connectivity index is 1.35. The SMILES string of the molecule is CCOC(=O)c1cn(-c2ccc(-c3cn4ccsc4n3)cc2)nc1N(C(=O)C1CCC(C)CC1)C1CCOC1. The Kier molecular flexibility index (Phi) is 7.22. The smallest absolute Gasteiger partial charge is 0.343 e. The molecule has 1 saturated heterocycles. The van der Waals surface area contributed by atoms with Crippen molar-refractivity contribution in [1.82, 2.24) is 19.2 Å². The highest BCUT2D eigenvalue weighted by Gasteiger charge is 2.38. The number of fused-ring (bicyclic) bond motifs is 1. The molecule has 0 radical (unpaired) electrons. The minimum Gasteiger partial charge on any atom is -0.462 e. The summed E-state index contributed by atoms with van der Waals surface area (Å²) >= 11 is 1.59. The zero-order chi connectivity index (χ0) is 26.9. The number of rotatable bonds is 7. The van der Waals surface area contributed by atoms with Crippen molar-refractivity contribution in [2.24, 2.45) is 11.8 Å². The van der Waals surface area contributed by atoms with Gasteiger partial charge in [-0.05, 0) is 57.1 Å². The lowest BCUT2D eigenvalue weighted by molar-refractivity contribution is -0.124. The number of hydrogen-bond acceptors (Lipinski definition) is 7. The molecular formula is C29H33N5O4S. The van der Waals surface area contributed by atoms with Gasteiger partial charge in [-0.25, -0.2) is 14.5 Å². The van der Waals surface area contributed by atoms with Crippen LogP contribution in [0.2, 0.25) is 0 Å². The third-order valence-electron chi connectivity index (χ3n) is 7.81. The van der Waals surface area contributed by atoms with E-state index in [9.17, 15) is 9.59 Å². The van der Waals surface area contributed by atoms with E-state index in [1.165, 1.54) is 0 Å². The van der Waals surface area contributed by atoms with Crippen LogP contribution in [-0.4, -0.2) is 56.9 Å². The van der Waals surface area contributed by atoms with Gasteiger partial charge in [0.15, 0.2) is 10.8 Å². The molecule has 1 aliphatic carbocycles. The van der Waals surface area contributed by atoms with Crippen LogP contribution in [0.4, 0.5) is 5.82 Å². The second-order valence-electron chi connectivity index (χ2n) is 10.5. The van der Waals surface area contributed by atoms with Gasteiger partial charge in [0.25, 0.3) is 0 Å². The van der Waals surface area contributed by atoms with Crippen molar-refractivity contribution < 1.29 is 19.1 Å². The average molecular weight is 548 g/mol. The predicted octanol–water partition coefficient (Wildman–Crippen LogP) is 5.37. The molecule has 0 N–H and O–H groups in total. The Morgan fingerprint density at radius 3 is 2.62 bits per heavy atom. The summed E-state index contributed by atoms with van der Waals surface area (Å²) < 4.78 is 14.7.